The Kier molecular flexibility index (Phi) is 6.02. The van der Waals surface area contributed by atoms with E-state index in [9.17, 15) is 4.79 Å². The maximum atomic E-state index is 12.9. The van der Waals surface area contributed by atoms with Gasteiger partial charge in [-0.3, -0.25) is 4.79 Å². The van der Waals surface area contributed by atoms with E-state index in [1.165, 1.54) is 0 Å². The first-order valence-corrected chi connectivity index (χ1v) is 10.4. The maximum absolute atomic E-state index is 12.9. The van der Waals surface area contributed by atoms with Gasteiger partial charge >= 0.3 is 0 Å². The molecule has 160 valence electrons. The van der Waals surface area contributed by atoms with Crippen LogP contribution in [0.3, 0.4) is 0 Å². The largest absolute Gasteiger partial charge is 0.457 e. The lowest BCUT2D eigenvalue weighted by Crippen LogP contribution is -2.49. The van der Waals surface area contributed by atoms with Crippen LogP contribution in [0.15, 0.2) is 60.7 Å². The van der Waals surface area contributed by atoms with E-state index >= 15 is 0 Å². The fourth-order valence-electron chi connectivity index (χ4n) is 3.49. The van der Waals surface area contributed by atoms with Crippen LogP contribution in [0.25, 0.3) is 0 Å². The topological polar surface area (TPSA) is 61.8 Å². The van der Waals surface area contributed by atoms with Gasteiger partial charge < -0.3 is 19.4 Å². The van der Waals surface area contributed by atoms with Crippen molar-refractivity contribution in [2.75, 3.05) is 50.1 Å². The summed E-state index contributed by atoms with van der Waals surface area (Å²) in [6, 6.07) is 18.9. The number of hydrogen-bond acceptors (Lipinski definition) is 6. The van der Waals surface area contributed by atoms with Crippen molar-refractivity contribution in [3.05, 3.63) is 71.9 Å². The number of benzene rings is 2. The third kappa shape index (κ3) is 4.94. The summed E-state index contributed by atoms with van der Waals surface area (Å²) in [5.41, 5.74) is 1.60. The smallest absolute Gasteiger partial charge is 0.253 e. The highest BCUT2D eigenvalue weighted by Crippen LogP contribution is 2.22. The van der Waals surface area contributed by atoms with Crippen LogP contribution in [0.2, 0.25) is 0 Å². The maximum Gasteiger partial charge on any atom is 0.253 e. The predicted molar refractivity (Wildman–Crippen MR) is 122 cm³/mol. The standard InChI is InChI=1S/C24H27N5O2/c1-18-17-22(27(2)3)26-24(25-18)29-15-13-28(14-16-29)23(30)19-9-11-21(12-10-19)31-20-7-5-4-6-8-20/h4-12,17H,13-16H2,1-3H3. The monoisotopic (exact) mass is 417 g/mol. The summed E-state index contributed by atoms with van der Waals surface area (Å²) in [4.78, 5) is 28.2. The summed E-state index contributed by atoms with van der Waals surface area (Å²) in [6.07, 6.45) is 0. The first kappa shape index (κ1) is 20.7. The van der Waals surface area contributed by atoms with E-state index in [1.54, 1.807) is 0 Å². The van der Waals surface area contributed by atoms with Crippen LogP contribution in [-0.2, 0) is 0 Å². The summed E-state index contributed by atoms with van der Waals surface area (Å²) in [6.45, 7) is 4.66. The van der Waals surface area contributed by atoms with Crippen molar-refractivity contribution < 1.29 is 9.53 Å². The SMILES string of the molecule is Cc1cc(N(C)C)nc(N2CCN(C(=O)c3ccc(Oc4ccccc4)cc3)CC2)n1. The first-order valence-electron chi connectivity index (χ1n) is 10.4. The van der Waals surface area contributed by atoms with Crippen molar-refractivity contribution in [2.24, 2.45) is 0 Å². The molecular weight excluding hydrogens is 390 g/mol. The number of rotatable bonds is 5. The molecule has 1 aliphatic rings. The van der Waals surface area contributed by atoms with E-state index in [0.29, 0.717) is 37.5 Å². The van der Waals surface area contributed by atoms with Crippen LogP contribution < -0.4 is 14.5 Å². The zero-order valence-electron chi connectivity index (χ0n) is 18.2. The minimum Gasteiger partial charge on any atom is -0.457 e. The predicted octanol–water partition coefficient (Wildman–Crippen LogP) is 3.61. The van der Waals surface area contributed by atoms with Crippen molar-refractivity contribution in [3.63, 3.8) is 0 Å². The van der Waals surface area contributed by atoms with Crippen molar-refractivity contribution in [2.45, 2.75) is 6.92 Å². The van der Waals surface area contributed by atoms with Crippen molar-refractivity contribution >= 4 is 17.7 Å². The van der Waals surface area contributed by atoms with Crippen LogP contribution in [0.1, 0.15) is 16.1 Å². The summed E-state index contributed by atoms with van der Waals surface area (Å²) in [5, 5.41) is 0. The molecule has 7 nitrogen and oxygen atoms in total. The lowest BCUT2D eigenvalue weighted by molar-refractivity contribution is 0.0746. The molecule has 3 aromatic rings. The van der Waals surface area contributed by atoms with Crippen LogP contribution in [-0.4, -0.2) is 61.0 Å². The van der Waals surface area contributed by atoms with Gasteiger partial charge in [0.15, 0.2) is 0 Å². The number of piperazine rings is 1. The molecule has 0 N–H and O–H groups in total. The molecule has 1 saturated heterocycles. The Labute approximate surface area is 182 Å². The number of carbonyl (C=O) groups is 1. The highest BCUT2D eigenvalue weighted by atomic mass is 16.5. The number of ether oxygens (including phenoxy) is 1. The Bertz CT molecular complexity index is 1030. The van der Waals surface area contributed by atoms with Gasteiger partial charge in [-0.15, -0.1) is 0 Å². The third-order valence-electron chi connectivity index (χ3n) is 5.22. The molecule has 0 saturated carbocycles. The fourth-order valence-corrected chi connectivity index (χ4v) is 3.49. The second-order valence-electron chi connectivity index (χ2n) is 7.78. The Morgan fingerprint density at radius 2 is 1.55 bits per heavy atom. The number of carbonyl (C=O) groups excluding carboxylic acids is 1. The Hall–Kier alpha value is -3.61. The summed E-state index contributed by atoms with van der Waals surface area (Å²) in [5.74, 6) is 3.12. The van der Waals surface area contributed by atoms with E-state index < -0.39 is 0 Å². The van der Waals surface area contributed by atoms with Gasteiger partial charge in [0.1, 0.15) is 17.3 Å². The van der Waals surface area contributed by atoms with Crippen LogP contribution in [0, 0.1) is 6.92 Å². The van der Waals surface area contributed by atoms with Gasteiger partial charge in [-0.25, -0.2) is 4.98 Å². The number of anilines is 2. The molecule has 0 aliphatic carbocycles. The number of hydrogen-bond donors (Lipinski definition) is 0. The molecule has 2 aromatic carbocycles. The minimum absolute atomic E-state index is 0.0325. The van der Waals surface area contributed by atoms with E-state index in [0.717, 1.165) is 23.2 Å². The van der Waals surface area contributed by atoms with E-state index in [-0.39, 0.29) is 5.91 Å². The molecule has 1 aliphatic heterocycles. The molecule has 0 radical (unpaired) electrons. The van der Waals surface area contributed by atoms with Crippen molar-refractivity contribution in [1.82, 2.24) is 14.9 Å². The highest BCUT2D eigenvalue weighted by molar-refractivity contribution is 5.94. The van der Waals surface area contributed by atoms with E-state index in [4.69, 9.17) is 4.74 Å². The Morgan fingerprint density at radius 3 is 2.19 bits per heavy atom. The van der Waals surface area contributed by atoms with Crippen LogP contribution in [0.5, 0.6) is 11.5 Å². The molecule has 2 heterocycles. The molecule has 0 atom stereocenters. The average molecular weight is 418 g/mol. The molecule has 0 unspecified atom stereocenters. The number of amides is 1. The average Bonchev–Trinajstić information content (AvgIpc) is 2.79. The van der Waals surface area contributed by atoms with Gasteiger partial charge in [-0.2, -0.15) is 4.98 Å². The second kappa shape index (κ2) is 9.04. The molecule has 1 fully saturated rings. The molecule has 4 rings (SSSR count). The summed E-state index contributed by atoms with van der Waals surface area (Å²) < 4.78 is 5.81. The summed E-state index contributed by atoms with van der Waals surface area (Å²) in [7, 11) is 3.94. The summed E-state index contributed by atoms with van der Waals surface area (Å²) >= 11 is 0. The molecular formula is C24H27N5O2. The quantitative estimate of drug-likeness (QED) is 0.632. The lowest BCUT2D eigenvalue weighted by atomic mass is 10.1. The van der Waals surface area contributed by atoms with Crippen molar-refractivity contribution in [3.8, 4) is 11.5 Å². The third-order valence-corrected chi connectivity index (χ3v) is 5.22. The van der Waals surface area contributed by atoms with Gasteiger partial charge in [0.25, 0.3) is 5.91 Å². The molecule has 0 spiro atoms. The number of aromatic nitrogens is 2. The lowest BCUT2D eigenvalue weighted by Gasteiger charge is -2.35. The normalized spacial score (nSPS) is 13.8. The molecule has 1 amide bonds. The number of aryl methyl sites for hydroxylation is 1. The Balaban J connectivity index is 1.37. The molecule has 31 heavy (non-hydrogen) atoms. The second-order valence-corrected chi connectivity index (χ2v) is 7.78. The van der Waals surface area contributed by atoms with Gasteiger partial charge in [0.2, 0.25) is 5.95 Å². The van der Waals surface area contributed by atoms with Gasteiger partial charge in [0, 0.05) is 57.6 Å². The first-order chi connectivity index (χ1) is 15.0. The zero-order chi connectivity index (χ0) is 21.8. The van der Waals surface area contributed by atoms with E-state index in [2.05, 4.69) is 14.9 Å². The number of para-hydroxylation sites is 1. The van der Waals surface area contributed by atoms with Crippen LogP contribution in [0.4, 0.5) is 11.8 Å². The van der Waals surface area contributed by atoms with Gasteiger partial charge in [0.05, 0.1) is 0 Å². The van der Waals surface area contributed by atoms with E-state index in [1.807, 2.05) is 91.5 Å². The number of nitrogens with zero attached hydrogens (tertiary/aromatic N) is 5. The van der Waals surface area contributed by atoms with Gasteiger partial charge in [-0.1, -0.05) is 18.2 Å². The van der Waals surface area contributed by atoms with Crippen LogP contribution >= 0.6 is 0 Å². The highest BCUT2D eigenvalue weighted by Gasteiger charge is 2.24. The molecule has 7 heteroatoms. The fraction of sp³-hybridized carbons (Fsp3) is 0.292. The Morgan fingerprint density at radius 1 is 0.903 bits per heavy atom. The minimum atomic E-state index is 0.0325. The molecule has 0 bridgehead atoms. The zero-order valence-corrected chi connectivity index (χ0v) is 18.2. The molecule has 1 aromatic heterocycles. The van der Waals surface area contributed by atoms with Gasteiger partial charge in [-0.05, 0) is 43.3 Å². The van der Waals surface area contributed by atoms with Crippen molar-refractivity contribution in [1.29, 1.82) is 0 Å².